The van der Waals surface area contributed by atoms with Gasteiger partial charge >= 0.3 is 6.18 Å². The SMILES string of the molecule is CC(CNC(C)(C)C)N(C)CCC(F)(F)F. The van der Waals surface area contributed by atoms with Crippen molar-refractivity contribution in [1.29, 1.82) is 0 Å². The molecule has 5 heteroatoms. The Morgan fingerprint density at radius 2 is 1.69 bits per heavy atom. The zero-order chi connectivity index (χ0) is 13.0. The molecule has 1 unspecified atom stereocenters. The van der Waals surface area contributed by atoms with Crippen molar-refractivity contribution >= 4 is 0 Å². The molecule has 0 aromatic heterocycles. The summed E-state index contributed by atoms with van der Waals surface area (Å²) >= 11 is 0. The first-order chi connectivity index (χ1) is 7.01. The number of likely N-dealkylation sites (N-methyl/N-ethyl adjacent to an activating group) is 1. The van der Waals surface area contributed by atoms with Crippen LogP contribution in [0.3, 0.4) is 0 Å². The van der Waals surface area contributed by atoms with Crippen LogP contribution >= 0.6 is 0 Å². The van der Waals surface area contributed by atoms with Gasteiger partial charge in [-0.1, -0.05) is 0 Å². The molecule has 0 saturated carbocycles. The van der Waals surface area contributed by atoms with Gasteiger partial charge in [-0.15, -0.1) is 0 Å². The Hall–Kier alpha value is -0.290. The van der Waals surface area contributed by atoms with Crippen molar-refractivity contribution < 1.29 is 13.2 Å². The van der Waals surface area contributed by atoms with Gasteiger partial charge in [0, 0.05) is 24.7 Å². The maximum atomic E-state index is 12.0. The highest BCUT2D eigenvalue weighted by molar-refractivity contribution is 4.75. The fourth-order valence-corrected chi connectivity index (χ4v) is 1.13. The smallest absolute Gasteiger partial charge is 0.311 e. The Bertz CT molecular complexity index is 174. The van der Waals surface area contributed by atoms with Crippen LogP contribution in [0.5, 0.6) is 0 Å². The van der Waals surface area contributed by atoms with E-state index in [0.29, 0.717) is 6.54 Å². The topological polar surface area (TPSA) is 15.3 Å². The fourth-order valence-electron chi connectivity index (χ4n) is 1.13. The van der Waals surface area contributed by atoms with E-state index in [0.717, 1.165) is 0 Å². The second-order valence-electron chi connectivity index (χ2n) is 5.33. The first kappa shape index (κ1) is 15.7. The molecule has 16 heavy (non-hydrogen) atoms. The van der Waals surface area contributed by atoms with E-state index in [-0.39, 0.29) is 18.1 Å². The van der Waals surface area contributed by atoms with Crippen molar-refractivity contribution in [3.8, 4) is 0 Å². The van der Waals surface area contributed by atoms with E-state index < -0.39 is 12.6 Å². The van der Waals surface area contributed by atoms with Crippen molar-refractivity contribution in [1.82, 2.24) is 10.2 Å². The van der Waals surface area contributed by atoms with Crippen molar-refractivity contribution in [2.75, 3.05) is 20.1 Å². The highest BCUT2D eigenvalue weighted by Gasteiger charge is 2.27. The van der Waals surface area contributed by atoms with Crippen LogP contribution < -0.4 is 5.32 Å². The summed E-state index contributed by atoms with van der Waals surface area (Å²) in [6, 6.07) is 0.0987. The molecule has 0 aliphatic carbocycles. The summed E-state index contributed by atoms with van der Waals surface area (Å²) in [4.78, 5) is 1.73. The molecule has 2 nitrogen and oxygen atoms in total. The molecular formula is C11H23F3N2. The maximum Gasteiger partial charge on any atom is 0.390 e. The molecular weight excluding hydrogens is 217 g/mol. The minimum absolute atomic E-state index is 0.000866. The average Bonchev–Trinajstić information content (AvgIpc) is 2.07. The highest BCUT2D eigenvalue weighted by Crippen LogP contribution is 2.19. The van der Waals surface area contributed by atoms with E-state index in [1.165, 1.54) is 0 Å². The first-order valence-electron chi connectivity index (χ1n) is 5.53. The Morgan fingerprint density at radius 1 is 1.19 bits per heavy atom. The third-order valence-electron chi connectivity index (χ3n) is 2.43. The van der Waals surface area contributed by atoms with Crippen LogP contribution in [0.2, 0.25) is 0 Å². The largest absolute Gasteiger partial charge is 0.390 e. The third kappa shape index (κ3) is 8.97. The maximum absolute atomic E-state index is 12.0. The van der Waals surface area contributed by atoms with Crippen LogP contribution in [0.15, 0.2) is 0 Å². The van der Waals surface area contributed by atoms with Gasteiger partial charge in [0.1, 0.15) is 0 Å². The zero-order valence-corrected chi connectivity index (χ0v) is 10.8. The predicted molar refractivity (Wildman–Crippen MR) is 60.5 cm³/mol. The van der Waals surface area contributed by atoms with Gasteiger partial charge in [0.15, 0.2) is 0 Å². The van der Waals surface area contributed by atoms with Crippen LogP contribution in [0.1, 0.15) is 34.1 Å². The summed E-state index contributed by atoms with van der Waals surface area (Å²) in [6.45, 7) is 8.78. The third-order valence-corrected chi connectivity index (χ3v) is 2.43. The lowest BCUT2D eigenvalue weighted by molar-refractivity contribution is -0.138. The van der Waals surface area contributed by atoms with Gasteiger partial charge in [0.05, 0.1) is 6.42 Å². The summed E-state index contributed by atoms with van der Waals surface area (Å²) in [5, 5.41) is 3.28. The van der Waals surface area contributed by atoms with E-state index in [2.05, 4.69) is 5.32 Å². The molecule has 0 radical (unpaired) electrons. The molecule has 0 amide bonds. The lowest BCUT2D eigenvalue weighted by atomic mass is 10.1. The molecule has 0 rings (SSSR count). The molecule has 0 heterocycles. The number of nitrogens with zero attached hydrogens (tertiary/aromatic N) is 1. The van der Waals surface area contributed by atoms with Crippen molar-refractivity contribution in [2.24, 2.45) is 0 Å². The first-order valence-corrected chi connectivity index (χ1v) is 5.53. The normalized spacial score (nSPS) is 15.6. The molecule has 1 N–H and O–H groups in total. The quantitative estimate of drug-likeness (QED) is 0.794. The molecule has 0 spiro atoms. The Kier molecular flexibility index (Phi) is 5.76. The molecule has 0 aliphatic heterocycles. The number of alkyl halides is 3. The molecule has 0 aromatic rings. The van der Waals surface area contributed by atoms with E-state index in [1.807, 2.05) is 27.7 Å². The van der Waals surface area contributed by atoms with Crippen LogP contribution in [0.25, 0.3) is 0 Å². The van der Waals surface area contributed by atoms with Gasteiger partial charge in [-0.3, -0.25) is 0 Å². The number of hydrogen-bond acceptors (Lipinski definition) is 2. The summed E-state index contributed by atoms with van der Waals surface area (Å²) in [5.74, 6) is 0. The average molecular weight is 240 g/mol. The summed E-state index contributed by atoms with van der Waals surface area (Å²) in [7, 11) is 1.72. The van der Waals surface area contributed by atoms with Crippen molar-refractivity contribution in [3.63, 3.8) is 0 Å². The molecule has 0 aliphatic rings. The van der Waals surface area contributed by atoms with Crippen molar-refractivity contribution in [2.45, 2.75) is 51.9 Å². The van der Waals surface area contributed by atoms with Crippen LogP contribution in [-0.2, 0) is 0 Å². The second-order valence-corrected chi connectivity index (χ2v) is 5.33. The molecule has 0 bridgehead atoms. The van der Waals surface area contributed by atoms with E-state index in [1.54, 1.807) is 11.9 Å². The molecule has 0 fully saturated rings. The van der Waals surface area contributed by atoms with Gasteiger partial charge in [-0.05, 0) is 34.7 Å². The lowest BCUT2D eigenvalue weighted by Crippen LogP contribution is -2.45. The summed E-state index contributed by atoms with van der Waals surface area (Å²) in [5.41, 5.74) is -0.000866. The van der Waals surface area contributed by atoms with E-state index >= 15 is 0 Å². The lowest BCUT2D eigenvalue weighted by Gasteiger charge is -2.29. The number of rotatable bonds is 5. The van der Waals surface area contributed by atoms with Gasteiger partial charge < -0.3 is 10.2 Å². The second kappa shape index (κ2) is 5.87. The Morgan fingerprint density at radius 3 is 2.06 bits per heavy atom. The van der Waals surface area contributed by atoms with Crippen LogP contribution in [-0.4, -0.2) is 42.8 Å². The molecule has 98 valence electrons. The van der Waals surface area contributed by atoms with Gasteiger partial charge in [0.2, 0.25) is 0 Å². The zero-order valence-electron chi connectivity index (χ0n) is 10.8. The minimum Gasteiger partial charge on any atom is -0.311 e. The Balaban J connectivity index is 3.86. The number of halogens is 3. The minimum atomic E-state index is -4.06. The van der Waals surface area contributed by atoms with Gasteiger partial charge in [0.25, 0.3) is 0 Å². The van der Waals surface area contributed by atoms with Gasteiger partial charge in [-0.2, -0.15) is 13.2 Å². The fraction of sp³-hybridized carbons (Fsp3) is 1.00. The standard InChI is InChI=1S/C11H23F3N2/c1-9(8-15-10(2,3)4)16(5)7-6-11(12,13)14/h9,15H,6-8H2,1-5H3. The number of hydrogen-bond donors (Lipinski definition) is 1. The molecule has 1 atom stereocenters. The Labute approximate surface area is 96.2 Å². The monoisotopic (exact) mass is 240 g/mol. The van der Waals surface area contributed by atoms with Crippen LogP contribution in [0, 0.1) is 0 Å². The molecule has 0 saturated heterocycles. The van der Waals surface area contributed by atoms with Gasteiger partial charge in [-0.25, -0.2) is 0 Å². The van der Waals surface area contributed by atoms with E-state index in [4.69, 9.17) is 0 Å². The summed E-state index contributed by atoms with van der Waals surface area (Å²) < 4.78 is 36.0. The number of nitrogens with one attached hydrogen (secondary N) is 1. The summed E-state index contributed by atoms with van der Waals surface area (Å²) in [6.07, 6.45) is -4.81. The van der Waals surface area contributed by atoms with Crippen LogP contribution in [0.4, 0.5) is 13.2 Å². The highest BCUT2D eigenvalue weighted by atomic mass is 19.4. The predicted octanol–water partition coefficient (Wildman–Crippen LogP) is 2.65. The van der Waals surface area contributed by atoms with Crippen molar-refractivity contribution in [3.05, 3.63) is 0 Å². The molecule has 0 aromatic carbocycles. The van der Waals surface area contributed by atoms with E-state index in [9.17, 15) is 13.2 Å².